The zero-order valence-electron chi connectivity index (χ0n) is 9.34. The van der Waals surface area contributed by atoms with E-state index >= 15 is 0 Å². The Hall–Kier alpha value is 0.200. The second-order valence-corrected chi connectivity index (χ2v) is 4.65. The van der Waals surface area contributed by atoms with Gasteiger partial charge in [-0.05, 0) is 18.6 Å². The fourth-order valence-corrected chi connectivity index (χ4v) is 1.77. The number of nitrogens with one attached hydrogen (secondary N) is 1. The predicted molar refractivity (Wildman–Crippen MR) is 59.8 cm³/mol. The molecule has 1 N–H and O–H groups in total. The molecule has 1 rings (SSSR count). The van der Waals surface area contributed by atoms with Gasteiger partial charge >= 0.3 is 29.6 Å². The van der Waals surface area contributed by atoms with Crippen LogP contribution in [-0.4, -0.2) is 16.6 Å². The third-order valence-electron chi connectivity index (χ3n) is 1.47. The Morgan fingerprint density at radius 1 is 1.59 bits per heavy atom. The molecule has 0 aliphatic carbocycles. The summed E-state index contributed by atoms with van der Waals surface area (Å²) in [6.07, 6.45) is 1.66. The van der Waals surface area contributed by atoms with Crippen molar-refractivity contribution in [2.75, 3.05) is 11.1 Å². The van der Waals surface area contributed by atoms with Gasteiger partial charge in [0.1, 0.15) is 16.9 Å². The minimum atomic E-state index is -0.233. The zero-order chi connectivity index (χ0) is 11.8. The van der Waals surface area contributed by atoms with Crippen LogP contribution < -0.4 is 40.1 Å². The molecule has 17 heavy (non-hydrogen) atoms. The van der Waals surface area contributed by atoms with Gasteiger partial charge in [-0.25, -0.2) is 4.98 Å². The number of aromatic nitrogens is 1. The van der Waals surface area contributed by atoms with E-state index < -0.39 is 0 Å². The maximum atomic E-state index is 11.3. The molecule has 1 aromatic rings. The third kappa shape index (κ3) is 8.01. The first-order chi connectivity index (χ1) is 7.72. The SMILES string of the molecule is Cc1ccc(NC(=O)CSSOO[O-])nc1.[Na+]. The van der Waals surface area contributed by atoms with E-state index in [4.69, 9.17) is 0 Å². The molecule has 0 spiro atoms. The summed E-state index contributed by atoms with van der Waals surface area (Å²) in [5.74, 6) is 0.384. The largest absolute Gasteiger partial charge is 1.00 e. The fraction of sp³-hybridized carbons (Fsp3) is 0.250. The normalized spacial score (nSPS) is 9.53. The van der Waals surface area contributed by atoms with Crippen LogP contribution >= 0.6 is 21.9 Å². The molecule has 0 saturated carbocycles. The van der Waals surface area contributed by atoms with Crippen molar-refractivity contribution >= 4 is 33.6 Å². The van der Waals surface area contributed by atoms with Crippen LogP contribution in [0.5, 0.6) is 0 Å². The van der Waals surface area contributed by atoms with Crippen molar-refractivity contribution in [3.63, 3.8) is 0 Å². The molecule has 1 heterocycles. The van der Waals surface area contributed by atoms with Crippen LogP contribution in [0.1, 0.15) is 5.56 Å². The summed E-state index contributed by atoms with van der Waals surface area (Å²) in [6.45, 7) is 1.91. The van der Waals surface area contributed by atoms with E-state index in [9.17, 15) is 10.1 Å². The van der Waals surface area contributed by atoms with Crippen molar-refractivity contribution in [2.45, 2.75) is 6.92 Å². The topological polar surface area (TPSA) is 83.5 Å². The molecule has 0 bridgehead atoms. The van der Waals surface area contributed by atoms with E-state index in [1.807, 2.05) is 13.0 Å². The van der Waals surface area contributed by atoms with E-state index in [1.54, 1.807) is 12.3 Å². The van der Waals surface area contributed by atoms with Gasteiger partial charge in [0, 0.05) is 6.20 Å². The van der Waals surface area contributed by atoms with Gasteiger partial charge in [-0.1, -0.05) is 16.9 Å². The molecule has 6 nitrogen and oxygen atoms in total. The van der Waals surface area contributed by atoms with Crippen molar-refractivity contribution in [1.82, 2.24) is 4.98 Å². The Bertz CT molecular complexity index is 339. The maximum Gasteiger partial charge on any atom is 1.00 e. The minimum Gasteiger partial charge on any atom is -0.691 e. The smallest absolute Gasteiger partial charge is 0.691 e. The summed E-state index contributed by atoms with van der Waals surface area (Å²) in [4.78, 5) is 15.3. The number of hydrogen-bond donors (Lipinski definition) is 1. The summed E-state index contributed by atoms with van der Waals surface area (Å²) in [5.41, 5.74) is 1.02. The average molecular weight is 284 g/mol. The molecule has 0 saturated heterocycles. The molecule has 0 radical (unpaired) electrons. The monoisotopic (exact) mass is 284 g/mol. The van der Waals surface area contributed by atoms with Gasteiger partial charge < -0.3 is 10.6 Å². The number of pyridine rings is 1. The summed E-state index contributed by atoms with van der Waals surface area (Å²) in [5, 5.41) is 15.1. The number of aryl methyl sites for hydroxylation is 1. The summed E-state index contributed by atoms with van der Waals surface area (Å²) in [6, 6.07) is 3.56. The minimum absolute atomic E-state index is 0. The summed E-state index contributed by atoms with van der Waals surface area (Å²) < 4.78 is 3.98. The number of carbonyl (C=O) groups is 1. The van der Waals surface area contributed by atoms with Crippen LogP contribution in [0.15, 0.2) is 18.3 Å². The van der Waals surface area contributed by atoms with Gasteiger partial charge in [0.15, 0.2) is 0 Å². The molecule has 1 aromatic heterocycles. The van der Waals surface area contributed by atoms with Crippen LogP contribution in [-0.2, 0) is 14.2 Å². The molecule has 88 valence electrons. The van der Waals surface area contributed by atoms with Gasteiger partial charge in [0.05, 0.1) is 5.75 Å². The van der Waals surface area contributed by atoms with E-state index in [0.717, 1.165) is 16.4 Å². The van der Waals surface area contributed by atoms with Gasteiger partial charge in [0.2, 0.25) is 5.91 Å². The molecular formula is C8H9N2NaO4S2. The molecule has 0 fully saturated rings. The van der Waals surface area contributed by atoms with E-state index in [-0.39, 0.29) is 41.2 Å². The van der Waals surface area contributed by atoms with Crippen molar-refractivity contribution in [3.8, 4) is 0 Å². The van der Waals surface area contributed by atoms with Crippen molar-refractivity contribution < 1.29 is 49.0 Å². The number of nitrogens with zero attached hydrogens (tertiary/aromatic N) is 1. The number of hydrogen-bond acceptors (Lipinski definition) is 7. The predicted octanol–water partition coefficient (Wildman–Crippen LogP) is -2.15. The molecule has 0 aromatic carbocycles. The second-order valence-electron chi connectivity index (χ2n) is 2.74. The quantitative estimate of drug-likeness (QED) is 0.159. The molecule has 0 atom stereocenters. The standard InChI is InChI=1S/C8H10N2O4S2.Na/c1-6-2-3-7(9-4-6)10-8(11)5-15-16-14-13-12;/h2-4,12H,5H2,1H3,(H,9,10,11);/q;+1/p-1. The number of anilines is 1. The summed E-state index contributed by atoms with van der Waals surface area (Å²) >= 11 is 0.695. The first-order valence-corrected chi connectivity index (χ1v) is 6.44. The molecule has 0 aliphatic heterocycles. The first-order valence-electron chi connectivity index (χ1n) is 4.19. The Balaban J connectivity index is 0.00000256. The number of amides is 1. The Morgan fingerprint density at radius 2 is 2.35 bits per heavy atom. The van der Waals surface area contributed by atoms with Gasteiger partial charge in [-0.15, -0.1) is 0 Å². The molecule has 0 aliphatic rings. The van der Waals surface area contributed by atoms with Crippen LogP contribution in [0, 0.1) is 6.92 Å². The van der Waals surface area contributed by atoms with Gasteiger partial charge in [-0.3, -0.25) is 9.83 Å². The maximum absolute atomic E-state index is 11.3. The fourth-order valence-electron chi connectivity index (χ4n) is 0.829. The van der Waals surface area contributed by atoms with E-state index in [0.29, 0.717) is 16.9 Å². The van der Waals surface area contributed by atoms with Gasteiger partial charge in [-0.2, -0.15) is 4.33 Å². The second kappa shape index (κ2) is 10.2. The van der Waals surface area contributed by atoms with Crippen molar-refractivity contribution in [2.24, 2.45) is 0 Å². The Morgan fingerprint density at radius 3 is 2.94 bits per heavy atom. The number of rotatable bonds is 6. The van der Waals surface area contributed by atoms with Gasteiger partial charge in [0.25, 0.3) is 0 Å². The van der Waals surface area contributed by atoms with Crippen molar-refractivity contribution in [3.05, 3.63) is 23.9 Å². The van der Waals surface area contributed by atoms with Crippen LogP contribution in [0.25, 0.3) is 0 Å². The first kappa shape index (κ1) is 17.2. The molecule has 0 unspecified atom stereocenters. The van der Waals surface area contributed by atoms with Crippen LogP contribution in [0.4, 0.5) is 5.82 Å². The molecule has 1 amide bonds. The Labute approximate surface area is 129 Å². The van der Waals surface area contributed by atoms with Crippen LogP contribution in [0.3, 0.4) is 0 Å². The molecular weight excluding hydrogens is 275 g/mol. The zero-order valence-corrected chi connectivity index (χ0v) is 13.0. The van der Waals surface area contributed by atoms with E-state index in [2.05, 4.69) is 19.7 Å². The van der Waals surface area contributed by atoms with Crippen molar-refractivity contribution in [1.29, 1.82) is 0 Å². The molecule has 9 heteroatoms. The third-order valence-corrected chi connectivity index (χ3v) is 2.87. The van der Waals surface area contributed by atoms with E-state index in [1.165, 1.54) is 0 Å². The number of carbonyl (C=O) groups excluding carboxylic acids is 1. The Kier molecular flexibility index (Phi) is 10.3. The van der Waals surface area contributed by atoms with Crippen LogP contribution in [0.2, 0.25) is 0 Å². The summed E-state index contributed by atoms with van der Waals surface area (Å²) in [7, 11) is 1.04. The average Bonchev–Trinajstić information content (AvgIpc) is 2.28.